The summed E-state index contributed by atoms with van der Waals surface area (Å²) >= 11 is 3.39. The molecule has 12 aromatic carbocycles. The maximum absolute atomic E-state index is 11.4. The minimum absolute atomic E-state index is 0.00129. The van der Waals surface area contributed by atoms with Crippen molar-refractivity contribution < 1.29 is 69.0 Å². The van der Waals surface area contributed by atoms with E-state index in [4.69, 9.17) is 25.5 Å². The van der Waals surface area contributed by atoms with Crippen LogP contribution in [0.1, 0.15) is 119 Å². The summed E-state index contributed by atoms with van der Waals surface area (Å²) in [6, 6.07) is 64.4. The molecule has 14 nitrogen and oxygen atoms in total. The minimum Gasteiger partial charge on any atom is -0.478 e. The fourth-order valence-electron chi connectivity index (χ4n) is 10.1. The molecular weight excluding hydrogens is 1190 g/mol. The van der Waals surface area contributed by atoms with Crippen LogP contribution in [0.3, 0.4) is 0 Å². The zero-order valence-corrected chi connectivity index (χ0v) is 50.0. The Hall–Kier alpha value is -10.8. The fourth-order valence-corrected chi connectivity index (χ4v) is 10.6. The summed E-state index contributed by atoms with van der Waals surface area (Å²) < 4.78 is 0. The number of aldehydes is 2. The average Bonchev–Trinajstić information content (AvgIpc) is 3.01. The van der Waals surface area contributed by atoms with Crippen LogP contribution < -0.4 is 0 Å². The van der Waals surface area contributed by atoms with Gasteiger partial charge in [-0.1, -0.05) is 210 Å². The molecule has 0 saturated carbocycles. The monoisotopic (exact) mass is 1250 g/mol. The van der Waals surface area contributed by atoms with Crippen molar-refractivity contribution in [3.05, 3.63) is 285 Å². The predicted molar refractivity (Wildman–Crippen MR) is 352 cm³/mol. The predicted octanol–water partition coefficient (Wildman–Crippen LogP) is 16.0. The molecule has 12 rings (SSSR count). The van der Waals surface area contributed by atoms with Crippen molar-refractivity contribution in [2.24, 2.45) is 0 Å². The second-order valence-corrected chi connectivity index (χ2v) is 20.5. The van der Waals surface area contributed by atoms with E-state index < -0.39 is 23.9 Å². The van der Waals surface area contributed by atoms with Crippen LogP contribution in [0.5, 0.6) is 0 Å². The van der Waals surface area contributed by atoms with E-state index in [1.807, 2.05) is 128 Å². The van der Waals surface area contributed by atoms with Gasteiger partial charge in [0.2, 0.25) is 0 Å². The third kappa shape index (κ3) is 15.6. The topological polar surface area (TPSA) is 258 Å². The van der Waals surface area contributed by atoms with E-state index in [0.717, 1.165) is 88.6 Å². The molecule has 0 heterocycles. The van der Waals surface area contributed by atoms with Crippen molar-refractivity contribution >= 4 is 129 Å². The number of aryl methyl sites for hydroxylation is 1. The first-order chi connectivity index (χ1) is 42.9. The molecule has 0 radical (unpaired) electrons. The molecule has 15 heteroatoms. The highest BCUT2D eigenvalue weighted by molar-refractivity contribution is 9.08. The number of carbonyl (C=O) groups is 8. The number of halogens is 1. The van der Waals surface area contributed by atoms with Gasteiger partial charge in [-0.05, 0) is 132 Å². The molecule has 0 saturated heterocycles. The molecule has 0 atom stereocenters. The van der Waals surface area contributed by atoms with Crippen molar-refractivity contribution in [2.45, 2.75) is 39.3 Å². The molecule has 12 aromatic rings. The average molecular weight is 1250 g/mol. The molecule has 0 aliphatic rings. The van der Waals surface area contributed by atoms with E-state index in [1.54, 1.807) is 85.8 Å². The van der Waals surface area contributed by atoms with E-state index in [2.05, 4.69) is 15.9 Å². The summed E-state index contributed by atoms with van der Waals surface area (Å²) in [5.41, 5.74) is 7.53. The van der Waals surface area contributed by atoms with Crippen molar-refractivity contribution in [2.75, 3.05) is 0 Å². The SMILES string of the molecule is CC(=O)c1ccc(C=O)c2ccccc12.CC(=O)c1ccc(CO)c2ccccc12.Cc1ccc(C(=O)O)c2ccccc12.O=C(O)c1ccc(CBr)c2ccccc12.O=C(O)c1ccc(CO)c2ccccc12.O=Cc1ccc(C(=O)O)c2ccccc12. The van der Waals surface area contributed by atoms with E-state index >= 15 is 0 Å². The van der Waals surface area contributed by atoms with E-state index in [-0.39, 0.29) is 35.9 Å². The Balaban J connectivity index is 0.000000152. The Morgan fingerprint density at radius 1 is 0.315 bits per heavy atom. The van der Waals surface area contributed by atoms with Crippen LogP contribution in [0.2, 0.25) is 0 Å². The molecule has 6 N–H and O–H groups in total. The first-order valence-corrected chi connectivity index (χ1v) is 28.7. The molecule has 89 heavy (non-hydrogen) atoms. The largest absolute Gasteiger partial charge is 0.478 e. The third-order valence-electron chi connectivity index (χ3n) is 14.5. The zero-order valence-electron chi connectivity index (χ0n) is 48.4. The quantitative estimate of drug-likeness (QED) is 0.0400. The second kappa shape index (κ2) is 31.0. The molecule has 0 fully saturated rings. The van der Waals surface area contributed by atoms with Crippen LogP contribution in [-0.4, -0.2) is 78.7 Å². The second-order valence-electron chi connectivity index (χ2n) is 19.9. The van der Waals surface area contributed by atoms with Crippen molar-refractivity contribution in [1.82, 2.24) is 0 Å². The first kappa shape index (κ1) is 65.7. The van der Waals surface area contributed by atoms with Gasteiger partial charge >= 0.3 is 23.9 Å². The van der Waals surface area contributed by atoms with Gasteiger partial charge in [-0.25, -0.2) is 19.2 Å². The van der Waals surface area contributed by atoms with Crippen molar-refractivity contribution in [3.8, 4) is 0 Å². The van der Waals surface area contributed by atoms with Crippen LogP contribution in [0.4, 0.5) is 0 Å². The van der Waals surface area contributed by atoms with Gasteiger partial charge in [-0.3, -0.25) is 19.2 Å². The Bertz CT molecular complexity index is 4330. The van der Waals surface area contributed by atoms with Gasteiger partial charge in [0.15, 0.2) is 24.1 Å². The van der Waals surface area contributed by atoms with Gasteiger partial charge in [0.1, 0.15) is 0 Å². The van der Waals surface area contributed by atoms with E-state index in [0.29, 0.717) is 49.5 Å². The molecule has 0 amide bonds. The number of ketones is 2. The number of carboxylic acid groups (broad SMARTS) is 4. The van der Waals surface area contributed by atoms with E-state index in [1.165, 1.54) is 25.1 Å². The lowest BCUT2D eigenvalue weighted by molar-refractivity contribution is 0.0688. The molecule has 0 unspecified atom stereocenters. The molecule has 0 aliphatic heterocycles. The van der Waals surface area contributed by atoms with Gasteiger partial charge in [-0.15, -0.1) is 0 Å². The Morgan fingerprint density at radius 3 is 0.876 bits per heavy atom. The van der Waals surface area contributed by atoms with Crippen LogP contribution >= 0.6 is 15.9 Å². The number of Topliss-reactive ketones (excluding diaryl/α,β-unsaturated/α-hetero) is 2. The molecule has 446 valence electrons. The maximum atomic E-state index is 11.4. The van der Waals surface area contributed by atoms with Gasteiger partial charge in [0.05, 0.1) is 35.5 Å². The van der Waals surface area contributed by atoms with Crippen LogP contribution in [-0.2, 0) is 18.5 Å². The summed E-state index contributed by atoms with van der Waals surface area (Å²) in [4.78, 5) is 88.1. The summed E-state index contributed by atoms with van der Waals surface area (Å²) in [7, 11) is 0. The number of aliphatic hydroxyl groups is 2. The lowest BCUT2D eigenvalue weighted by atomic mass is 9.98. The van der Waals surface area contributed by atoms with Crippen LogP contribution in [0.15, 0.2) is 218 Å². The number of carbonyl (C=O) groups excluding carboxylic acids is 4. The van der Waals surface area contributed by atoms with Crippen molar-refractivity contribution in [3.63, 3.8) is 0 Å². The van der Waals surface area contributed by atoms with Gasteiger partial charge in [0, 0.05) is 27.6 Å². The lowest BCUT2D eigenvalue weighted by Crippen LogP contribution is -1.99. The Kier molecular flexibility index (Phi) is 22.9. The summed E-state index contributed by atoms with van der Waals surface area (Å²) in [6.45, 7) is 4.98. The lowest BCUT2D eigenvalue weighted by Gasteiger charge is -2.07. The molecule has 0 bridgehead atoms. The third-order valence-corrected chi connectivity index (χ3v) is 15.1. The molecular formula is C74H59BrO14. The highest BCUT2D eigenvalue weighted by Gasteiger charge is 2.14. The van der Waals surface area contributed by atoms with Crippen LogP contribution in [0, 0.1) is 6.92 Å². The number of aliphatic hydroxyl groups excluding tert-OH is 2. The van der Waals surface area contributed by atoms with Crippen LogP contribution in [0.25, 0.3) is 64.6 Å². The highest BCUT2D eigenvalue weighted by Crippen LogP contribution is 2.28. The summed E-state index contributed by atoms with van der Waals surface area (Å²) in [6.07, 6.45) is 1.54. The van der Waals surface area contributed by atoms with Gasteiger partial charge < -0.3 is 30.6 Å². The summed E-state index contributed by atoms with van der Waals surface area (Å²) in [5, 5.41) is 64.8. The van der Waals surface area contributed by atoms with E-state index in [9.17, 15) is 43.5 Å². The van der Waals surface area contributed by atoms with Gasteiger partial charge in [0.25, 0.3) is 0 Å². The Labute approximate surface area is 519 Å². The highest BCUT2D eigenvalue weighted by atomic mass is 79.9. The number of fused-ring (bicyclic) bond motifs is 6. The molecule has 0 aliphatic carbocycles. The van der Waals surface area contributed by atoms with Crippen molar-refractivity contribution in [1.29, 1.82) is 0 Å². The maximum Gasteiger partial charge on any atom is 0.336 e. The fraction of sp³-hybridized carbons (Fsp3) is 0.0811. The summed E-state index contributed by atoms with van der Waals surface area (Å²) in [5.74, 6) is -3.62. The number of carboxylic acids is 4. The smallest absolute Gasteiger partial charge is 0.336 e. The standard InChI is InChI=1S/C13H12O2.C13H10O2.C12H9BrO2.C12H10O3.C12H8O3.C12H10O2/c2*1-9(15)11-7-6-10(8-14)12-4-2-3-5-13(11)12;3*13-7-8-5-6-11(12(14)15)10-4-2-1-3-9(8)10;1-8-6-7-11(12(13)14)10-5-3-2-4-9(8)10/h2-7,14H,8H2,1H3;2-8H,1H3;1-6H,7H2,(H,14,15);1-6,13H,7H2,(H,14,15);1-7H,(H,14,15);2-7H,1H3,(H,13,14). The Morgan fingerprint density at radius 2 is 0.551 bits per heavy atom. The first-order valence-electron chi connectivity index (χ1n) is 27.6. The number of hydrogen-bond donors (Lipinski definition) is 6. The van der Waals surface area contributed by atoms with Gasteiger partial charge in [-0.2, -0.15) is 0 Å². The number of hydrogen-bond acceptors (Lipinski definition) is 10. The number of rotatable bonds is 11. The molecule has 0 spiro atoms. The number of alkyl halides is 1. The number of benzene rings is 12. The normalized spacial score (nSPS) is 10.4. The molecule has 0 aromatic heterocycles. The minimum atomic E-state index is -0.983. The zero-order chi connectivity index (χ0) is 64.3. The number of aromatic carboxylic acids is 4.